The van der Waals surface area contributed by atoms with E-state index in [1.54, 1.807) is 0 Å². The quantitative estimate of drug-likeness (QED) is 0.336. The second-order valence-corrected chi connectivity index (χ2v) is 9.56. The van der Waals surface area contributed by atoms with Gasteiger partial charge in [-0.2, -0.15) is 11.8 Å². The summed E-state index contributed by atoms with van der Waals surface area (Å²) in [6.45, 7) is 18.3. The van der Waals surface area contributed by atoms with Gasteiger partial charge >= 0.3 is 0 Å². The number of pyridine rings is 1. The highest BCUT2D eigenvalue weighted by Crippen LogP contribution is 2.25. The molecule has 1 N–H and O–H groups in total. The number of aromatic nitrogens is 1. The summed E-state index contributed by atoms with van der Waals surface area (Å²) in [6, 6.07) is 4.34. The van der Waals surface area contributed by atoms with E-state index < -0.39 is 0 Å². The molecule has 1 unspecified atom stereocenters. The molecule has 0 amide bonds. The van der Waals surface area contributed by atoms with Crippen LogP contribution in [0.15, 0.2) is 23.3 Å². The Balaban J connectivity index is 0.00000320. The summed E-state index contributed by atoms with van der Waals surface area (Å²) in [5.41, 5.74) is 1.17. The highest BCUT2D eigenvalue weighted by molar-refractivity contribution is 14.0. The predicted molar refractivity (Wildman–Crippen MR) is 141 cm³/mol. The van der Waals surface area contributed by atoms with Gasteiger partial charge in [-0.3, -0.25) is 0 Å². The van der Waals surface area contributed by atoms with Crippen molar-refractivity contribution in [3.8, 4) is 0 Å². The highest BCUT2D eigenvalue weighted by Gasteiger charge is 2.24. The lowest BCUT2D eigenvalue weighted by Gasteiger charge is -2.36. The minimum Gasteiger partial charge on any atom is -0.357 e. The van der Waals surface area contributed by atoms with E-state index in [-0.39, 0.29) is 24.0 Å². The number of halogens is 1. The maximum absolute atomic E-state index is 4.93. The van der Waals surface area contributed by atoms with E-state index in [2.05, 4.69) is 71.6 Å². The SMILES string of the molecule is CCNC(=NCc1ccc(N2CCN(CC)CC2)nc1)N1CCSC(C(C)C)C1.I. The molecule has 1 atom stereocenters. The molecule has 3 rings (SSSR count). The Labute approximate surface area is 204 Å². The third-order valence-electron chi connectivity index (χ3n) is 5.84. The summed E-state index contributed by atoms with van der Waals surface area (Å²) in [7, 11) is 0. The molecule has 6 nitrogen and oxygen atoms in total. The summed E-state index contributed by atoms with van der Waals surface area (Å²) in [6.07, 6.45) is 2.00. The maximum atomic E-state index is 4.93. The van der Waals surface area contributed by atoms with Crippen LogP contribution in [0.2, 0.25) is 0 Å². The van der Waals surface area contributed by atoms with Gasteiger partial charge in [0.1, 0.15) is 5.82 Å². The standard InChI is InChI=1S/C22H38N6S.HI/c1-5-23-22(28-13-14-29-20(17-28)18(3)4)25-16-19-7-8-21(24-15-19)27-11-9-26(6-2)10-12-27;/h7-8,15,18,20H,5-6,9-14,16-17H2,1-4H3,(H,23,25);1H. The normalized spacial score (nSPS) is 21.0. The van der Waals surface area contributed by atoms with Crippen molar-refractivity contribution in [2.75, 3.05) is 63.0 Å². The Kier molecular flexibility index (Phi) is 11.0. The summed E-state index contributed by atoms with van der Waals surface area (Å²) in [4.78, 5) is 17.0. The van der Waals surface area contributed by atoms with Gasteiger partial charge in [0, 0.05) is 63.0 Å². The second-order valence-electron chi connectivity index (χ2n) is 8.22. The smallest absolute Gasteiger partial charge is 0.194 e. The van der Waals surface area contributed by atoms with Crippen molar-refractivity contribution in [2.24, 2.45) is 10.9 Å². The molecule has 0 saturated carbocycles. The van der Waals surface area contributed by atoms with E-state index in [9.17, 15) is 0 Å². The van der Waals surface area contributed by atoms with E-state index in [1.165, 1.54) is 11.3 Å². The largest absolute Gasteiger partial charge is 0.357 e. The van der Waals surface area contributed by atoms with Gasteiger partial charge in [0.2, 0.25) is 0 Å². The van der Waals surface area contributed by atoms with Crippen LogP contribution >= 0.6 is 35.7 Å². The van der Waals surface area contributed by atoms with Gasteiger partial charge in [0.15, 0.2) is 5.96 Å². The molecule has 0 aromatic carbocycles. The van der Waals surface area contributed by atoms with Crippen LogP contribution < -0.4 is 10.2 Å². The minimum absolute atomic E-state index is 0. The molecule has 1 aromatic heterocycles. The molecule has 2 aliphatic rings. The van der Waals surface area contributed by atoms with Crippen molar-refractivity contribution in [2.45, 2.75) is 39.5 Å². The molecule has 170 valence electrons. The van der Waals surface area contributed by atoms with Crippen molar-refractivity contribution in [1.29, 1.82) is 0 Å². The first kappa shape index (κ1) is 25.5. The molecule has 30 heavy (non-hydrogen) atoms. The lowest BCUT2D eigenvalue weighted by atomic mass is 10.1. The number of guanidine groups is 1. The highest BCUT2D eigenvalue weighted by atomic mass is 127. The van der Waals surface area contributed by atoms with Gasteiger partial charge in [0.25, 0.3) is 0 Å². The van der Waals surface area contributed by atoms with Crippen molar-refractivity contribution >= 4 is 47.5 Å². The Morgan fingerprint density at radius 2 is 1.97 bits per heavy atom. The molecule has 0 aliphatic carbocycles. The molecule has 0 bridgehead atoms. The molecule has 2 saturated heterocycles. The van der Waals surface area contributed by atoms with Gasteiger partial charge in [-0.15, -0.1) is 24.0 Å². The van der Waals surface area contributed by atoms with Gasteiger partial charge in [-0.1, -0.05) is 26.8 Å². The van der Waals surface area contributed by atoms with E-state index >= 15 is 0 Å². The monoisotopic (exact) mass is 546 g/mol. The number of likely N-dealkylation sites (N-methyl/N-ethyl adjacent to an activating group) is 1. The number of nitrogens with zero attached hydrogens (tertiary/aromatic N) is 5. The molecule has 2 aliphatic heterocycles. The number of hydrogen-bond acceptors (Lipinski definition) is 5. The van der Waals surface area contributed by atoms with Gasteiger partial charge in [-0.05, 0) is 31.0 Å². The van der Waals surface area contributed by atoms with Crippen LogP contribution in [0.25, 0.3) is 0 Å². The number of aliphatic imine (C=N–C) groups is 1. The maximum Gasteiger partial charge on any atom is 0.194 e. The van der Waals surface area contributed by atoms with Gasteiger partial charge in [0.05, 0.1) is 6.54 Å². The lowest BCUT2D eigenvalue weighted by molar-refractivity contribution is 0.270. The van der Waals surface area contributed by atoms with Crippen LogP contribution in [0.1, 0.15) is 33.3 Å². The Morgan fingerprint density at radius 3 is 2.57 bits per heavy atom. The Morgan fingerprint density at radius 1 is 1.20 bits per heavy atom. The first-order chi connectivity index (χ1) is 14.1. The Hall–Kier alpha value is -0.740. The molecule has 3 heterocycles. The van der Waals surface area contributed by atoms with Crippen LogP contribution in [-0.2, 0) is 6.54 Å². The number of rotatable bonds is 6. The number of anilines is 1. The molecule has 1 aromatic rings. The van der Waals surface area contributed by atoms with Crippen molar-refractivity contribution < 1.29 is 0 Å². The average Bonchev–Trinajstić information content (AvgIpc) is 2.77. The van der Waals surface area contributed by atoms with Crippen LogP contribution in [0, 0.1) is 5.92 Å². The summed E-state index contributed by atoms with van der Waals surface area (Å²) in [5, 5.41) is 4.17. The second kappa shape index (κ2) is 13.0. The van der Waals surface area contributed by atoms with Gasteiger partial charge < -0.3 is 20.0 Å². The zero-order valence-electron chi connectivity index (χ0n) is 19.0. The minimum atomic E-state index is 0. The summed E-state index contributed by atoms with van der Waals surface area (Å²) < 4.78 is 0. The topological polar surface area (TPSA) is 47.0 Å². The fourth-order valence-corrected chi connectivity index (χ4v) is 5.15. The van der Waals surface area contributed by atoms with Gasteiger partial charge in [-0.25, -0.2) is 9.98 Å². The van der Waals surface area contributed by atoms with Crippen LogP contribution in [0.5, 0.6) is 0 Å². The van der Waals surface area contributed by atoms with Crippen LogP contribution in [-0.4, -0.2) is 84.1 Å². The molecular weight excluding hydrogens is 507 g/mol. The molecule has 0 radical (unpaired) electrons. The third-order valence-corrected chi connectivity index (χ3v) is 7.38. The molecule has 2 fully saturated rings. The fraction of sp³-hybridized carbons (Fsp3) is 0.727. The van der Waals surface area contributed by atoms with Crippen LogP contribution in [0.4, 0.5) is 5.82 Å². The molecular formula is C22H39IN6S. The lowest BCUT2D eigenvalue weighted by Crippen LogP contribution is -2.49. The number of thioether (sulfide) groups is 1. The zero-order chi connectivity index (χ0) is 20.6. The predicted octanol–water partition coefficient (Wildman–Crippen LogP) is 3.38. The fourth-order valence-electron chi connectivity index (χ4n) is 3.85. The first-order valence-corrected chi connectivity index (χ1v) is 12.2. The van der Waals surface area contributed by atoms with E-state index in [0.717, 1.165) is 64.1 Å². The zero-order valence-corrected chi connectivity index (χ0v) is 22.2. The van der Waals surface area contributed by atoms with E-state index in [4.69, 9.17) is 9.98 Å². The number of nitrogens with one attached hydrogen (secondary N) is 1. The Bertz CT molecular complexity index is 646. The van der Waals surface area contributed by atoms with E-state index in [1.807, 2.05) is 6.20 Å². The van der Waals surface area contributed by atoms with Crippen molar-refractivity contribution in [3.63, 3.8) is 0 Å². The van der Waals surface area contributed by atoms with Crippen LogP contribution in [0.3, 0.4) is 0 Å². The number of piperazine rings is 1. The van der Waals surface area contributed by atoms with Crippen molar-refractivity contribution in [3.05, 3.63) is 23.9 Å². The number of hydrogen-bond donors (Lipinski definition) is 1. The first-order valence-electron chi connectivity index (χ1n) is 11.2. The summed E-state index contributed by atoms with van der Waals surface area (Å²) >= 11 is 2.10. The molecule has 8 heteroatoms. The third kappa shape index (κ3) is 7.15. The van der Waals surface area contributed by atoms with Crippen molar-refractivity contribution in [1.82, 2.24) is 20.1 Å². The molecule has 0 spiro atoms. The average molecular weight is 547 g/mol. The summed E-state index contributed by atoms with van der Waals surface area (Å²) in [5.74, 6) is 4.00. The van der Waals surface area contributed by atoms with E-state index in [0.29, 0.717) is 17.7 Å².